The number of rotatable bonds is 1. The molecule has 0 unspecified atom stereocenters. The molecular formula is C4H5N3O2. The molecule has 0 aliphatic rings. The van der Waals surface area contributed by atoms with Crippen LogP contribution in [0.3, 0.4) is 0 Å². The molecule has 0 amide bonds. The largest absolute Gasteiger partial charge is 0.478 e. The van der Waals surface area contributed by atoms with E-state index in [9.17, 15) is 4.79 Å². The predicted molar refractivity (Wildman–Crippen MR) is 29.3 cm³/mol. The average molecular weight is 127 g/mol. The van der Waals surface area contributed by atoms with Gasteiger partial charge in [0.15, 0.2) is 0 Å². The van der Waals surface area contributed by atoms with E-state index in [1.54, 1.807) is 0 Å². The number of aromatic nitrogens is 2. The highest BCUT2D eigenvalue weighted by atomic mass is 16.4. The van der Waals surface area contributed by atoms with Crippen molar-refractivity contribution in [2.75, 3.05) is 5.84 Å². The maximum absolute atomic E-state index is 10.1. The number of aromatic carboxylic acids is 1. The SMILES string of the molecule is Nn1cc(C(=O)O)cn1. The molecule has 5 nitrogen and oxygen atoms in total. The van der Waals surface area contributed by atoms with E-state index in [1.807, 2.05) is 0 Å². The van der Waals surface area contributed by atoms with Gasteiger partial charge in [0.1, 0.15) is 0 Å². The molecule has 1 rings (SSSR count). The number of nitrogens with zero attached hydrogens (tertiary/aromatic N) is 2. The number of carboxylic acid groups (broad SMARTS) is 1. The van der Waals surface area contributed by atoms with Gasteiger partial charge in [-0.25, -0.2) is 4.79 Å². The van der Waals surface area contributed by atoms with Crippen molar-refractivity contribution < 1.29 is 9.90 Å². The Bertz CT molecular complexity index is 229. The molecule has 0 saturated heterocycles. The monoisotopic (exact) mass is 127 g/mol. The van der Waals surface area contributed by atoms with E-state index in [0.29, 0.717) is 0 Å². The third kappa shape index (κ3) is 0.987. The van der Waals surface area contributed by atoms with Crippen LogP contribution in [0.5, 0.6) is 0 Å². The first-order valence-electron chi connectivity index (χ1n) is 2.23. The second-order valence-corrected chi connectivity index (χ2v) is 1.51. The lowest BCUT2D eigenvalue weighted by Crippen LogP contribution is -2.07. The summed E-state index contributed by atoms with van der Waals surface area (Å²) < 4.78 is 0. The molecule has 0 spiro atoms. The van der Waals surface area contributed by atoms with Gasteiger partial charge in [-0.15, -0.1) is 0 Å². The highest BCUT2D eigenvalue weighted by molar-refractivity contribution is 5.86. The lowest BCUT2D eigenvalue weighted by molar-refractivity contribution is 0.0697. The van der Waals surface area contributed by atoms with Gasteiger partial charge in [-0.2, -0.15) is 9.89 Å². The minimum absolute atomic E-state index is 0.0949. The van der Waals surface area contributed by atoms with Crippen molar-refractivity contribution in [1.29, 1.82) is 0 Å². The predicted octanol–water partition coefficient (Wildman–Crippen LogP) is -0.705. The summed E-state index contributed by atoms with van der Waals surface area (Å²) in [5.41, 5.74) is 0.0949. The van der Waals surface area contributed by atoms with Gasteiger partial charge in [-0.3, -0.25) is 0 Å². The fourth-order valence-corrected chi connectivity index (χ4v) is 0.448. The number of nitrogen functional groups attached to an aromatic ring is 1. The van der Waals surface area contributed by atoms with Gasteiger partial charge >= 0.3 is 5.97 Å². The molecular weight excluding hydrogens is 122 g/mol. The van der Waals surface area contributed by atoms with Crippen LogP contribution in [0.15, 0.2) is 12.4 Å². The Kier molecular flexibility index (Phi) is 1.11. The molecule has 0 fully saturated rings. The van der Waals surface area contributed by atoms with Crippen LogP contribution in [0.4, 0.5) is 0 Å². The molecule has 0 saturated carbocycles. The molecule has 0 aliphatic carbocycles. The Labute approximate surface area is 50.7 Å². The van der Waals surface area contributed by atoms with Crippen LogP contribution in [-0.4, -0.2) is 21.0 Å². The van der Waals surface area contributed by atoms with Crippen LogP contribution in [0.1, 0.15) is 10.4 Å². The van der Waals surface area contributed by atoms with Crippen LogP contribution >= 0.6 is 0 Å². The summed E-state index contributed by atoms with van der Waals surface area (Å²) >= 11 is 0. The lowest BCUT2D eigenvalue weighted by atomic mass is 10.4. The summed E-state index contributed by atoms with van der Waals surface area (Å²) in [7, 11) is 0. The van der Waals surface area contributed by atoms with Gasteiger partial charge in [0.05, 0.1) is 18.0 Å². The Hall–Kier alpha value is -1.52. The van der Waals surface area contributed by atoms with E-state index in [2.05, 4.69) is 5.10 Å². The summed E-state index contributed by atoms with van der Waals surface area (Å²) in [5.74, 6) is 4.04. The zero-order valence-corrected chi connectivity index (χ0v) is 4.48. The third-order valence-corrected chi connectivity index (χ3v) is 0.848. The van der Waals surface area contributed by atoms with E-state index >= 15 is 0 Å². The van der Waals surface area contributed by atoms with E-state index in [1.165, 1.54) is 12.4 Å². The fraction of sp³-hybridized carbons (Fsp3) is 0. The molecule has 5 heteroatoms. The Morgan fingerprint density at radius 3 is 2.78 bits per heavy atom. The normalized spacial score (nSPS) is 9.33. The van der Waals surface area contributed by atoms with Crippen molar-refractivity contribution in [3.05, 3.63) is 18.0 Å². The Balaban J connectivity index is 2.98. The van der Waals surface area contributed by atoms with Crippen molar-refractivity contribution in [3.8, 4) is 0 Å². The van der Waals surface area contributed by atoms with Crippen LogP contribution in [0.2, 0.25) is 0 Å². The number of hydrogen-bond donors (Lipinski definition) is 2. The maximum Gasteiger partial charge on any atom is 0.338 e. The fourth-order valence-electron chi connectivity index (χ4n) is 0.448. The zero-order chi connectivity index (χ0) is 6.85. The minimum Gasteiger partial charge on any atom is -0.478 e. The molecule has 9 heavy (non-hydrogen) atoms. The van der Waals surface area contributed by atoms with Crippen molar-refractivity contribution in [1.82, 2.24) is 9.89 Å². The topological polar surface area (TPSA) is 81.1 Å². The second kappa shape index (κ2) is 1.77. The molecule has 1 aromatic rings. The summed E-state index contributed by atoms with van der Waals surface area (Å²) in [4.78, 5) is 11.1. The molecule has 48 valence electrons. The van der Waals surface area contributed by atoms with Crippen molar-refractivity contribution in [2.45, 2.75) is 0 Å². The van der Waals surface area contributed by atoms with Gasteiger partial charge in [0.25, 0.3) is 0 Å². The summed E-state index contributed by atoms with van der Waals surface area (Å²) in [6.45, 7) is 0. The van der Waals surface area contributed by atoms with Gasteiger partial charge in [0, 0.05) is 0 Å². The van der Waals surface area contributed by atoms with E-state index in [-0.39, 0.29) is 5.56 Å². The quantitative estimate of drug-likeness (QED) is 0.488. The van der Waals surface area contributed by atoms with Gasteiger partial charge in [-0.05, 0) is 0 Å². The lowest BCUT2D eigenvalue weighted by Gasteiger charge is -1.82. The molecule has 0 radical (unpaired) electrons. The van der Waals surface area contributed by atoms with Crippen LogP contribution < -0.4 is 5.84 Å². The molecule has 0 aromatic carbocycles. The van der Waals surface area contributed by atoms with E-state index in [4.69, 9.17) is 10.9 Å². The Morgan fingerprint density at radius 1 is 1.89 bits per heavy atom. The van der Waals surface area contributed by atoms with Crippen molar-refractivity contribution in [2.24, 2.45) is 0 Å². The minimum atomic E-state index is -1.02. The van der Waals surface area contributed by atoms with Crippen molar-refractivity contribution in [3.63, 3.8) is 0 Å². The van der Waals surface area contributed by atoms with E-state index in [0.717, 1.165) is 4.79 Å². The molecule has 0 aliphatic heterocycles. The van der Waals surface area contributed by atoms with Crippen LogP contribution in [0, 0.1) is 0 Å². The standard InChI is InChI=1S/C4H5N3O2/c5-7-2-3(1-6-7)4(8)9/h1-2H,5H2,(H,8,9). The Morgan fingerprint density at radius 2 is 2.56 bits per heavy atom. The van der Waals surface area contributed by atoms with Gasteiger partial charge < -0.3 is 10.9 Å². The molecule has 0 bridgehead atoms. The average Bonchev–Trinajstić information content (AvgIpc) is 2.14. The second-order valence-electron chi connectivity index (χ2n) is 1.51. The molecule has 0 atom stereocenters. The first-order valence-corrected chi connectivity index (χ1v) is 2.23. The van der Waals surface area contributed by atoms with E-state index < -0.39 is 5.97 Å². The molecule has 3 N–H and O–H groups in total. The number of nitrogens with two attached hydrogens (primary N) is 1. The summed E-state index contributed by atoms with van der Waals surface area (Å²) in [6.07, 6.45) is 2.41. The van der Waals surface area contributed by atoms with Crippen molar-refractivity contribution >= 4 is 5.97 Å². The highest BCUT2D eigenvalue weighted by Crippen LogP contribution is 1.92. The van der Waals surface area contributed by atoms with Crippen LogP contribution in [-0.2, 0) is 0 Å². The summed E-state index contributed by atoms with van der Waals surface area (Å²) in [6, 6.07) is 0. The molecule has 1 aromatic heterocycles. The van der Waals surface area contributed by atoms with Gasteiger partial charge in [0.2, 0.25) is 0 Å². The first-order chi connectivity index (χ1) is 4.20. The molecule has 1 heterocycles. The van der Waals surface area contributed by atoms with Crippen LogP contribution in [0.25, 0.3) is 0 Å². The zero-order valence-electron chi connectivity index (χ0n) is 4.48. The first kappa shape index (κ1) is 5.61. The highest BCUT2D eigenvalue weighted by Gasteiger charge is 2.02. The number of carbonyl (C=O) groups is 1. The third-order valence-electron chi connectivity index (χ3n) is 0.848. The summed E-state index contributed by atoms with van der Waals surface area (Å²) in [5, 5.41) is 11.7. The maximum atomic E-state index is 10.1. The smallest absolute Gasteiger partial charge is 0.338 e. The number of hydrogen-bond acceptors (Lipinski definition) is 3. The van der Waals surface area contributed by atoms with Gasteiger partial charge in [-0.1, -0.05) is 0 Å². The number of carboxylic acids is 1.